The van der Waals surface area contributed by atoms with E-state index in [4.69, 9.17) is 14.6 Å². The zero-order chi connectivity index (χ0) is 30.5. The maximum absolute atomic E-state index is 10.5. The van der Waals surface area contributed by atoms with Crippen molar-refractivity contribution in [3.8, 4) is 5.75 Å². The number of benzene rings is 4. The molecule has 0 N–H and O–H groups in total. The van der Waals surface area contributed by atoms with Crippen LogP contribution in [-0.4, -0.2) is 34.9 Å². The molecule has 5 nitrogen and oxygen atoms in total. The minimum absolute atomic E-state index is 0.724. The lowest BCUT2D eigenvalue weighted by atomic mass is 10.2. The summed E-state index contributed by atoms with van der Waals surface area (Å²) in [5.41, 5.74) is 1.77. The van der Waals surface area contributed by atoms with Crippen LogP contribution in [0.3, 0.4) is 0 Å². The van der Waals surface area contributed by atoms with E-state index in [-0.39, 0.29) is 0 Å². The molecule has 0 saturated carbocycles. The van der Waals surface area contributed by atoms with Crippen LogP contribution in [-0.2, 0) is 4.79 Å². The third-order valence-electron chi connectivity index (χ3n) is 6.92. The summed E-state index contributed by atoms with van der Waals surface area (Å²) >= 11 is 0. The van der Waals surface area contributed by atoms with Crippen molar-refractivity contribution in [1.29, 1.82) is 0 Å². The van der Waals surface area contributed by atoms with Crippen molar-refractivity contribution in [1.82, 2.24) is 9.97 Å². The molecule has 0 atom stereocenters. The Morgan fingerprint density at radius 2 is 1.14 bits per heavy atom. The van der Waals surface area contributed by atoms with E-state index in [0.29, 0.717) is 0 Å². The molecule has 0 unspecified atom stereocenters. The molecule has 0 aliphatic rings. The number of unbranched alkanes of at least 4 members (excludes halogenated alkanes) is 3. The van der Waals surface area contributed by atoms with Crippen molar-refractivity contribution in [2.24, 2.45) is 0 Å². The van der Waals surface area contributed by atoms with Crippen LogP contribution in [0.1, 0.15) is 25.7 Å². The molecule has 0 amide bonds. The van der Waals surface area contributed by atoms with Crippen molar-refractivity contribution in [3.05, 3.63) is 122 Å². The van der Waals surface area contributed by atoms with Crippen LogP contribution in [0.5, 0.6) is 5.75 Å². The number of carboxylic acids is 1. The summed E-state index contributed by atoms with van der Waals surface area (Å²) < 4.78 is 37.6. The number of fused-ring (bicyclic) bond motifs is 1. The van der Waals surface area contributed by atoms with Gasteiger partial charge in [0.05, 0.1) is 23.8 Å². The minimum Gasteiger partial charge on any atom is -0.542 e. The number of carbonyl (C=O) groups excluding carboxylic acids is 1. The second-order valence-electron chi connectivity index (χ2n) is 9.79. The van der Waals surface area contributed by atoms with Crippen LogP contribution in [0.4, 0.5) is 13.2 Å². The third kappa shape index (κ3) is 8.62. The first kappa shape index (κ1) is 31.6. The van der Waals surface area contributed by atoms with Gasteiger partial charge in [0.1, 0.15) is 34.9 Å². The number of hydrogen-bond acceptors (Lipinski definition) is 5. The van der Waals surface area contributed by atoms with Crippen LogP contribution >= 0.6 is 7.26 Å². The largest absolute Gasteiger partial charge is 0.542 e. The number of carbonyl (C=O) groups is 1. The van der Waals surface area contributed by atoms with Gasteiger partial charge >= 0.3 is 6.18 Å². The molecule has 9 heteroatoms. The van der Waals surface area contributed by atoms with E-state index in [1.165, 1.54) is 34.9 Å². The molecule has 5 rings (SSSR count). The fourth-order valence-corrected chi connectivity index (χ4v) is 9.32. The Hall–Kier alpha value is -4.29. The molecule has 0 aliphatic heterocycles. The van der Waals surface area contributed by atoms with Crippen molar-refractivity contribution in [2.75, 3.05) is 12.8 Å². The van der Waals surface area contributed by atoms with Crippen molar-refractivity contribution < 1.29 is 27.8 Å². The van der Waals surface area contributed by atoms with Gasteiger partial charge < -0.3 is 14.6 Å². The molecule has 0 spiro atoms. The predicted octanol–water partition coefficient (Wildman–Crippen LogP) is 5.86. The molecule has 222 valence electrons. The normalized spacial score (nSPS) is 11.4. The molecule has 0 fully saturated rings. The van der Waals surface area contributed by atoms with Crippen molar-refractivity contribution in [2.45, 2.75) is 31.9 Å². The average Bonchev–Trinajstić information content (AvgIpc) is 3.03. The number of aliphatic carboxylic acids is 1. The van der Waals surface area contributed by atoms with Crippen LogP contribution in [0, 0.1) is 0 Å². The van der Waals surface area contributed by atoms with E-state index in [1.807, 2.05) is 18.2 Å². The Balaban J connectivity index is 0.000000541. The van der Waals surface area contributed by atoms with Gasteiger partial charge in [-0.2, -0.15) is 13.2 Å². The van der Waals surface area contributed by atoms with Gasteiger partial charge in [-0.05, 0) is 74.2 Å². The highest BCUT2D eigenvalue weighted by molar-refractivity contribution is 7.95. The quantitative estimate of drug-likeness (QED) is 0.140. The summed E-state index contributed by atoms with van der Waals surface area (Å²) in [5.74, 6) is -2.14. The van der Waals surface area contributed by atoms with Crippen LogP contribution in [0.15, 0.2) is 122 Å². The van der Waals surface area contributed by atoms with Gasteiger partial charge in [0, 0.05) is 18.5 Å². The van der Waals surface area contributed by atoms with E-state index in [9.17, 15) is 13.2 Å². The lowest BCUT2D eigenvalue weighted by Crippen LogP contribution is -2.37. The first-order valence-corrected chi connectivity index (χ1v) is 15.9. The van der Waals surface area contributed by atoms with Gasteiger partial charge in [-0.25, -0.2) is 0 Å². The summed E-state index contributed by atoms with van der Waals surface area (Å²) in [4.78, 5) is 17.5. The fourth-order valence-electron chi connectivity index (χ4n) is 4.91. The van der Waals surface area contributed by atoms with E-state index in [1.54, 1.807) is 12.4 Å². The van der Waals surface area contributed by atoms with E-state index in [2.05, 4.69) is 101 Å². The number of ether oxygens (including phenoxy) is 1. The fraction of sp³-hybridized carbons (Fsp3) is 0.206. The summed E-state index contributed by atoms with van der Waals surface area (Å²) in [6.45, 7) is 0.724. The summed E-state index contributed by atoms with van der Waals surface area (Å²) in [5, 5.41) is 13.2. The second kappa shape index (κ2) is 15.3. The van der Waals surface area contributed by atoms with Gasteiger partial charge in [0.15, 0.2) is 0 Å². The SMILES string of the molecule is O=C([O-])C(F)(F)F.c1ccc([P+](CCCCCCOc2ccc3nccnc3c2)(c2ccccc2)c2ccccc2)cc1. The van der Waals surface area contributed by atoms with Gasteiger partial charge in [0.25, 0.3) is 0 Å². The smallest absolute Gasteiger partial charge is 0.430 e. The van der Waals surface area contributed by atoms with Crippen LogP contribution in [0.2, 0.25) is 0 Å². The van der Waals surface area contributed by atoms with E-state index in [0.717, 1.165) is 36.2 Å². The Morgan fingerprint density at radius 3 is 1.63 bits per heavy atom. The highest BCUT2D eigenvalue weighted by Gasteiger charge is 2.44. The highest BCUT2D eigenvalue weighted by atomic mass is 31.2. The van der Waals surface area contributed by atoms with Crippen LogP contribution in [0.25, 0.3) is 11.0 Å². The Labute approximate surface area is 249 Å². The molecule has 0 radical (unpaired) electrons. The first-order valence-electron chi connectivity index (χ1n) is 14.0. The number of hydrogen-bond donors (Lipinski definition) is 0. The zero-order valence-electron chi connectivity index (χ0n) is 23.5. The number of aromatic nitrogens is 2. The molecule has 0 aliphatic carbocycles. The second-order valence-corrected chi connectivity index (χ2v) is 13.4. The summed E-state index contributed by atoms with van der Waals surface area (Å²) in [6, 6.07) is 39.4. The molecule has 1 aromatic heterocycles. The van der Waals surface area contributed by atoms with Gasteiger partial charge in [-0.15, -0.1) is 0 Å². The number of alkyl halides is 3. The van der Waals surface area contributed by atoms with Gasteiger partial charge in [0.2, 0.25) is 0 Å². The Kier molecular flexibility index (Phi) is 11.2. The molecular formula is C34H32F3N2O3P. The molecule has 0 bridgehead atoms. The molecule has 5 aromatic rings. The summed E-state index contributed by atoms with van der Waals surface area (Å²) in [7, 11) is -1.72. The molecule has 1 heterocycles. The lowest BCUT2D eigenvalue weighted by Gasteiger charge is -2.27. The number of nitrogens with zero attached hydrogens (tertiary/aromatic N) is 2. The Bertz CT molecular complexity index is 1470. The number of halogens is 3. The molecule has 0 saturated heterocycles. The maximum Gasteiger partial charge on any atom is 0.430 e. The summed E-state index contributed by atoms with van der Waals surface area (Å²) in [6.07, 6.45) is 4.01. The first-order chi connectivity index (χ1) is 20.8. The number of rotatable bonds is 11. The minimum atomic E-state index is -5.19. The topological polar surface area (TPSA) is 75.1 Å². The monoisotopic (exact) mass is 604 g/mol. The third-order valence-corrected chi connectivity index (χ3v) is 11.4. The zero-order valence-corrected chi connectivity index (χ0v) is 24.4. The highest BCUT2D eigenvalue weighted by Crippen LogP contribution is 2.56. The van der Waals surface area contributed by atoms with E-state index < -0.39 is 19.4 Å². The maximum atomic E-state index is 10.5. The Morgan fingerprint density at radius 1 is 0.674 bits per heavy atom. The molecular weight excluding hydrogens is 572 g/mol. The van der Waals surface area contributed by atoms with Gasteiger partial charge in [-0.3, -0.25) is 9.97 Å². The number of carboxylic acid groups (broad SMARTS) is 1. The lowest BCUT2D eigenvalue weighted by molar-refractivity contribution is -0.344. The molecule has 43 heavy (non-hydrogen) atoms. The average molecular weight is 605 g/mol. The van der Waals surface area contributed by atoms with E-state index >= 15 is 0 Å². The molecule has 4 aromatic carbocycles. The standard InChI is InChI=1S/C32H32N2OP.C2HF3O2/c1(12-24-35-27-20-21-31-32(26-27)34-23-22-33-31)2-13-25-36(28-14-6-3-7-15-28,29-16-8-4-9-17-29)30-18-10-5-11-19-30;3-2(4,5)1(6)7/h3-11,14-23,26H,1-2,12-13,24-25H2;(H,6,7)/q+1;/p-1. The van der Waals surface area contributed by atoms with Crippen molar-refractivity contribution >= 4 is 40.2 Å². The predicted molar refractivity (Wildman–Crippen MR) is 165 cm³/mol. The van der Waals surface area contributed by atoms with Gasteiger partial charge in [-0.1, -0.05) is 54.6 Å². The van der Waals surface area contributed by atoms with Crippen LogP contribution < -0.4 is 25.8 Å². The van der Waals surface area contributed by atoms with Crippen molar-refractivity contribution in [3.63, 3.8) is 0 Å².